The summed E-state index contributed by atoms with van der Waals surface area (Å²) in [6.45, 7) is 4.04. The van der Waals surface area contributed by atoms with Crippen LogP contribution in [0.4, 0.5) is 0 Å². The first-order valence-electron chi connectivity index (χ1n) is 5.49. The molecule has 16 heavy (non-hydrogen) atoms. The summed E-state index contributed by atoms with van der Waals surface area (Å²) in [4.78, 5) is 23.7. The number of carbonyl (C=O) groups is 2. The molecule has 5 nitrogen and oxygen atoms in total. The largest absolute Gasteiger partial charge is 0.480 e. The van der Waals surface area contributed by atoms with Crippen molar-refractivity contribution < 1.29 is 19.4 Å². The van der Waals surface area contributed by atoms with Gasteiger partial charge in [0.1, 0.15) is 6.54 Å². The standard InChI is InChI=1S/C11H21NO4/c1-9(2)12(8-11(14)15)10(13)6-4-5-7-16-3/h9H,4-8H2,1-3H3,(H,14,15). The first-order valence-corrected chi connectivity index (χ1v) is 5.49. The molecule has 0 aromatic rings. The number of carboxylic acids is 1. The lowest BCUT2D eigenvalue weighted by Crippen LogP contribution is -2.40. The number of carboxylic acid groups (broad SMARTS) is 1. The molecular weight excluding hydrogens is 210 g/mol. The predicted molar refractivity (Wildman–Crippen MR) is 60.2 cm³/mol. The van der Waals surface area contributed by atoms with E-state index in [0.29, 0.717) is 13.0 Å². The van der Waals surface area contributed by atoms with E-state index < -0.39 is 5.97 Å². The maximum Gasteiger partial charge on any atom is 0.323 e. The van der Waals surface area contributed by atoms with E-state index in [4.69, 9.17) is 9.84 Å². The van der Waals surface area contributed by atoms with Crippen LogP contribution in [-0.4, -0.2) is 48.2 Å². The van der Waals surface area contributed by atoms with Crippen LogP contribution in [0.3, 0.4) is 0 Å². The Hall–Kier alpha value is -1.10. The Kier molecular flexibility index (Phi) is 7.54. The number of aliphatic carboxylic acids is 1. The Balaban J connectivity index is 4.02. The van der Waals surface area contributed by atoms with Gasteiger partial charge in [0.25, 0.3) is 0 Å². The molecule has 1 amide bonds. The van der Waals surface area contributed by atoms with Gasteiger partial charge in [-0.25, -0.2) is 0 Å². The number of rotatable bonds is 8. The van der Waals surface area contributed by atoms with Gasteiger partial charge in [-0.3, -0.25) is 9.59 Å². The summed E-state index contributed by atoms with van der Waals surface area (Å²) in [5, 5.41) is 8.68. The van der Waals surface area contributed by atoms with Gasteiger partial charge in [0, 0.05) is 26.2 Å². The van der Waals surface area contributed by atoms with Gasteiger partial charge in [-0.05, 0) is 26.7 Å². The van der Waals surface area contributed by atoms with Crippen molar-refractivity contribution in [3.63, 3.8) is 0 Å². The Morgan fingerprint density at radius 1 is 1.31 bits per heavy atom. The normalized spacial score (nSPS) is 10.5. The molecule has 0 aliphatic carbocycles. The highest BCUT2D eigenvalue weighted by atomic mass is 16.5. The lowest BCUT2D eigenvalue weighted by Gasteiger charge is -2.24. The van der Waals surface area contributed by atoms with Gasteiger partial charge in [-0.2, -0.15) is 0 Å². The van der Waals surface area contributed by atoms with Crippen molar-refractivity contribution in [2.45, 2.75) is 39.2 Å². The second-order valence-electron chi connectivity index (χ2n) is 3.96. The van der Waals surface area contributed by atoms with E-state index in [1.165, 1.54) is 4.90 Å². The van der Waals surface area contributed by atoms with Gasteiger partial charge in [0.2, 0.25) is 5.91 Å². The van der Waals surface area contributed by atoms with Crippen molar-refractivity contribution in [2.75, 3.05) is 20.3 Å². The molecule has 0 fully saturated rings. The number of ether oxygens (including phenoxy) is 1. The minimum Gasteiger partial charge on any atom is -0.480 e. The summed E-state index contributed by atoms with van der Waals surface area (Å²) in [7, 11) is 1.62. The number of carbonyl (C=O) groups excluding carboxylic acids is 1. The van der Waals surface area contributed by atoms with Crippen LogP contribution in [0, 0.1) is 0 Å². The molecule has 0 saturated carbocycles. The van der Waals surface area contributed by atoms with Crippen molar-refractivity contribution in [1.29, 1.82) is 0 Å². The third-order valence-corrected chi connectivity index (χ3v) is 2.24. The van der Waals surface area contributed by atoms with E-state index in [9.17, 15) is 9.59 Å². The minimum absolute atomic E-state index is 0.0778. The lowest BCUT2D eigenvalue weighted by molar-refractivity contribution is -0.145. The smallest absolute Gasteiger partial charge is 0.323 e. The minimum atomic E-state index is -0.973. The van der Waals surface area contributed by atoms with E-state index in [0.717, 1.165) is 12.8 Å². The van der Waals surface area contributed by atoms with E-state index in [1.807, 2.05) is 13.8 Å². The van der Waals surface area contributed by atoms with Gasteiger partial charge in [0.15, 0.2) is 0 Å². The van der Waals surface area contributed by atoms with Gasteiger partial charge in [-0.1, -0.05) is 0 Å². The molecule has 0 saturated heterocycles. The van der Waals surface area contributed by atoms with Crippen LogP contribution in [0.2, 0.25) is 0 Å². The topological polar surface area (TPSA) is 66.8 Å². The number of nitrogens with zero attached hydrogens (tertiary/aromatic N) is 1. The highest BCUT2D eigenvalue weighted by Gasteiger charge is 2.18. The molecule has 1 N–H and O–H groups in total. The van der Waals surface area contributed by atoms with Crippen molar-refractivity contribution in [3.8, 4) is 0 Å². The third-order valence-electron chi connectivity index (χ3n) is 2.24. The lowest BCUT2D eigenvalue weighted by atomic mass is 10.2. The molecule has 0 aromatic heterocycles. The fraction of sp³-hybridized carbons (Fsp3) is 0.818. The van der Waals surface area contributed by atoms with Gasteiger partial charge < -0.3 is 14.7 Å². The molecule has 94 valence electrons. The first kappa shape index (κ1) is 14.9. The molecule has 0 aliphatic heterocycles. The summed E-state index contributed by atoms with van der Waals surface area (Å²) in [5.74, 6) is -1.08. The Morgan fingerprint density at radius 2 is 1.94 bits per heavy atom. The third kappa shape index (κ3) is 6.40. The molecule has 0 rings (SSSR count). The second kappa shape index (κ2) is 8.10. The summed E-state index contributed by atoms with van der Waals surface area (Å²) in [6.07, 6.45) is 1.94. The second-order valence-corrected chi connectivity index (χ2v) is 3.96. The fourth-order valence-electron chi connectivity index (χ4n) is 1.37. The molecule has 0 heterocycles. The summed E-state index contributed by atoms with van der Waals surface area (Å²) in [5.41, 5.74) is 0. The van der Waals surface area contributed by atoms with E-state index in [-0.39, 0.29) is 18.5 Å². The maximum absolute atomic E-state index is 11.7. The van der Waals surface area contributed by atoms with Crippen molar-refractivity contribution in [2.24, 2.45) is 0 Å². The van der Waals surface area contributed by atoms with Crippen LogP contribution in [0.1, 0.15) is 33.1 Å². The fourth-order valence-corrected chi connectivity index (χ4v) is 1.37. The van der Waals surface area contributed by atoms with Crippen LogP contribution in [-0.2, 0) is 14.3 Å². The Bertz CT molecular complexity index is 228. The number of hydrogen-bond acceptors (Lipinski definition) is 3. The zero-order chi connectivity index (χ0) is 12.6. The van der Waals surface area contributed by atoms with E-state index in [1.54, 1.807) is 7.11 Å². The number of hydrogen-bond donors (Lipinski definition) is 1. The molecule has 0 spiro atoms. The van der Waals surface area contributed by atoms with Gasteiger partial charge >= 0.3 is 5.97 Å². The van der Waals surface area contributed by atoms with Crippen LogP contribution in [0.25, 0.3) is 0 Å². The molecule has 5 heteroatoms. The van der Waals surface area contributed by atoms with Crippen molar-refractivity contribution in [3.05, 3.63) is 0 Å². The monoisotopic (exact) mass is 231 g/mol. The molecule has 0 atom stereocenters. The first-order chi connectivity index (χ1) is 7.49. The molecule has 0 bridgehead atoms. The summed E-state index contributed by atoms with van der Waals surface area (Å²) < 4.78 is 4.88. The molecule has 0 radical (unpaired) electrons. The zero-order valence-electron chi connectivity index (χ0n) is 10.2. The highest BCUT2D eigenvalue weighted by Crippen LogP contribution is 2.05. The Labute approximate surface area is 96.4 Å². The molecule has 0 unspecified atom stereocenters. The van der Waals surface area contributed by atoms with Crippen molar-refractivity contribution >= 4 is 11.9 Å². The summed E-state index contributed by atoms with van der Waals surface area (Å²) in [6, 6.07) is -0.0778. The Morgan fingerprint density at radius 3 is 2.38 bits per heavy atom. The quantitative estimate of drug-likeness (QED) is 0.636. The SMILES string of the molecule is COCCCCC(=O)N(CC(=O)O)C(C)C. The number of unbranched alkanes of at least 4 members (excludes halogenated alkanes) is 1. The van der Waals surface area contributed by atoms with Crippen LogP contribution >= 0.6 is 0 Å². The average Bonchev–Trinajstić information content (AvgIpc) is 2.20. The molecule has 0 aromatic carbocycles. The zero-order valence-corrected chi connectivity index (χ0v) is 10.2. The maximum atomic E-state index is 11.7. The molecule has 0 aliphatic rings. The van der Waals surface area contributed by atoms with E-state index >= 15 is 0 Å². The summed E-state index contributed by atoms with van der Waals surface area (Å²) >= 11 is 0. The van der Waals surface area contributed by atoms with E-state index in [2.05, 4.69) is 0 Å². The number of methoxy groups -OCH3 is 1. The van der Waals surface area contributed by atoms with Gasteiger partial charge in [-0.15, -0.1) is 0 Å². The van der Waals surface area contributed by atoms with Crippen molar-refractivity contribution in [1.82, 2.24) is 4.90 Å². The predicted octanol–water partition coefficient (Wildman–Crippen LogP) is 1.12. The molecular formula is C11H21NO4. The van der Waals surface area contributed by atoms with Gasteiger partial charge in [0.05, 0.1) is 0 Å². The highest BCUT2D eigenvalue weighted by molar-refractivity contribution is 5.81. The van der Waals surface area contributed by atoms with Crippen LogP contribution < -0.4 is 0 Å². The number of amides is 1. The van der Waals surface area contributed by atoms with Crippen LogP contribution in [0.5, 0.6) is 0 Å². The van der Waals surface area contributed by atoms with Crippen LogP contribution in [0.15, 0.2) is 0 Å². The average molecular weight is 231 g/mol.